The number of hydrogen-bond donors (Lipinski definition) is 3. The second-order valence-electron chi connectivity index (χ2n) is 13.9. The maximum Gasteiger partial charge on any atom is 0.0602 e. The number of aliphatic hydroxyl groups excluding tert-OH is 3. The summed E-state index contributed by atoms with van der Waals surface area (Å²) in [5.41, 5.74) is 1.43. The van der Waals surface area contributed by atoms with Gasteiger partial charge >= 0.3 is 0 Å². The molecule has 0 radical (unpaired) electrons. The van der Waals surface area contributed by atoms with E-state index in [2.05, 4.69) is 63.1 Å². The van der Waals surface area contributed by atoms with Crippen molar-refractivity contribution in [1.82, 2.24) is 4.90 Å². The van der Waals surface area contributed by atoms with Gasteiger partial charge in [-0.1, -0.05) is 51.1 Å². The minimum absolute atomic E-state index is 0.0884. The van der Waals surface area contributed by atoms with Crippen LogP contribution in [0.25, 0.3) is 0 Å². The fourth-order valence-corrected chi connectivity index (χ4v) is 9.99. The summed E-state index contributed by atoms with van der Waals surface area (Å²) < 4.78 is 0. The highest BCUT2D eigenvalue weighted by molar-refractivity contribution is 5.15. The first kappa shape index (κ1) is 26.7. The number of hydrogen-bond acceptors (Lipinski definition) is 4. The second-order valence-corrected chi connectivity index (χ2v) is 13.9. The Hall–Kier alpha value is -0.940. The Morgan fingerprint density at radius 1 is 0.972 bits per heavy atom. The first-order chi connectivity index (χ1) is 17.1. The maximum atomic E-state index is 11.8. The lowest BCUT2D eigenvalue weighted by atomic mass is 9.43. The number of fused-ring (bicyclic) bond motifs is 5. The molecule has 0 heterocycles. The minimum atomic E-state index is -0.283. The minimum Gasteiger partial charge on any atom is -0.393 e. The summed E-state index contributed by atoms with van der Waals surface area (Å²) >= 11 is 0. The van der Waals surface area contributed by atoms with E-state index in [9.17, 15) is 15.3 Å². The van der Waals surface area contributed by atoms with E-state index in [0.717, 1.165) is 51.6 Å². The van der Waals surface area contributed by atoms with Crippen molar-refractivity contribution in [2.24, 2.45) is 46.3 Å². The molecular weight excluding hydrogens is 446 g/mol. The summed E-state index contributed by atoms with van der Waals surface area (Å²) in [6.07, 6.45) is 8.37. The molecule has 11 atom stereocenters. The van der Waals surface area contributed by atoms with Crippen LogP contribution >= 0.6 is 0 Å². The van der Waals surface area contributed by atoms with E-state index >= 15 is 0 Å². The van der Waals surface area contributed by atoms with Crippen LogP contribution in [0.2, 0.25) is 0 Å². The van der Waals surface area contributed by atoms with Gasteiger partial charge in [0.05, 0.1) is 18.3 Å². The average Bonchev–Trinajstić information content (AvgIpc) is 3.20. The van der Waals surface area contributed by atoms with Gasteiger partial charge in [0.2, 0.25) is 0 Å². The Morgan fingerprint density at radius 2 is 1.72 bits per heavy atom. The molecule has 0 spiro atoms. The van der Waals surface area contributed by atoms with Crippen molar-refractivity contribution >= 4 is 0 Å². The molecule has 4 nitrogen and oxygen atoms in total. The molecule has 4 saturated carbocycles. The lowest BCUT2D eigenvalue weighted by molar-refractivity contribution is -0.207. The molecule has 202 valence electrons. The predicted octanol–water partition coefficient (Wildman–Crippen LogP) is 5.50. The third-order valence-corrected chi connectivity index (χ3v) is 12.0. The molecule has 4 fully saturated rings. The Morgan fingerprint density at radius 3 is 2.47 bits per heavy atom. The molecule has 0 saturated heterocycles. The van der Waals surface area contributed by atoms with Gasteiger partial charge in [-0.25, -0.2) is 0 Å². The summed E-state index contributed by atoms with van der Waals surface area (Å²) in [4.78, 5) is 2.43. The Labute approximate surface area is 219 Å². The molecule has 1 aromatic carbocycles. The standard InChI is InChI=1S/C32H51NO3/c1-21(9-8-16-33(4)20-22-10-6-5-7-11-22)25-12-13-26-30-27(19-29(36)32(25,26)3)31(2)15-14-24(34)17-23(31)18-28(30)35/h5-7,10-11,21,23-30,34-36H,8-9,12-20H2,1-4H3/t21-,23?,24-,25-,26+,27+,28-,29+,30?,31+,32-/m1/s1. The molecule has 5 rings (SSSR count). The molecule has 36 heavy (non-hydrogen) atoms. The highest BCUT2D eigenvalue weighted by Gasteiger charge is 2.65. The molecule has 4 heteroatoms. The van der Waals surface area contributed by atoms with E-state index < -0.39 is 0 Å². The lowest BCUT2D eigenvalue weighted by Crippen LogP contribution is -2.62. The summed E-state index contributed by atoms with van der Waals surface area (Å²) in [6, 6.07) is 10.7. The predicted molar refractivity (Wildman–Crippen MR) is 145 cm³/mol. The first-order valence-corrected chi connectivity index (χ1v) is 14.9. The lowest BCUT2D eigenvalue weighted by Gasteiger charge is -2.63. The van der Waals surface area contributed by atoms with Gasteiger partial charge in [-0.2, -0.15) is 0 Å². The van der Waals surface area contributed by atoms with Crippen molar-refractivity contribution in [3.8, 4) is 0 Å². The van der Waals surface area contributed by atoms with Crippen LogP contribution < -0.4 is 0 Å². The SMILES string of the molecule is C[C@H](CCCN(C)Cc1ccccc1)[C@H]1CC[C@H]2C3[C@H](O)CC4C[C@H](O)CC[C@]4(C)[C@H]3C[C@H](O)[C@]12C. The van der Waals surface area contributed by atoms with Crippen LogP contribution in [0, 0.1) is 46.3 Å². The Kier molecular flexibility index (Phi) is 7.64. The van der Waals surface area contributed by atoms with Gasteiger partial charge < -0.3 is 20.2 Å². The molecule has 0 amide bonds. The average molecular weight is 498 g/mol. The normalized spacial score (nSPS) is 45.1. The van der Waals surface area contributed by atoms with E-state index in [1.165, 1.54) is 24.8 Å². The zero-order chi connectivity index (χ0) is 25.7. The topological polar surface area (TPSA) is 63.9 Å². The van der Waals surface area contributed by atoms with Crippen LogP contribution in [0.3, 0.4) is 0 Å². The largest absolute Gasteiger partial charge is 0.393 e. The molecular formula is C32H51NO3. The fraction of sp³-hybridized carbons (Fsp3) is 0.812. The van der Waals surface area contributed by atoms with Crippen LogP contribution in [-0.4, -0.2) is 52.1 Å². The smallest absolute Gasteiger partial charge is 0.0602 e. The van der Waals surface area contributed by atoms with Crippen LogP contribution in [0.15, 0.2) is 30.3 Å². The fourth-order valence-electron chi connectivity index (χ4n) is 9.99. The van der Waals surface area contributed by atoms with Gasteiger partial charge in [0, 0.05) is 6.54 Å². The zero-order valence-corrected chi connectivity index (χ0v) is 23.1. The van der Waals surface area contributed by atoms with Gasteiger partial charge in [0.1, 0.15) is 0 Å². The molecule has 0 aliphatic heterocycles. The highest BCUT2D eigenvalue weighted by atomic mass is 16.3. The molecule has 0 bridgehead atoms. The van der Waals surface area contributed by atoms with Crippen molar-refractivity contribution in [3.05, 3.63) is 35.9 Å². The van der Waals surface area contributed by atoms with Gasteiger partial charge in [-0.15, -0.1) is 0 Å². The number of benzene rings is 1. The van der Waals surface area contributed by atoms with Crippen molar-refractivity contribution in [1.29, 1.82) is 0 Å². The van der Waals surface area contributed by atoms with Gasteiger partial charge in [-0.05, 0) is 123 Å². The quantitative estimate of drug-likeness (QED) is 0.466. The second kappa shape index (κ2) is 10.3. The molecule has 2 unspecified atom stereocenters. The molecule has 0 aromatic heterocycles. The van der Waals surface area contributed by atoms with Crippen LogP contribution in [0.5, 0.6) is 0 Å². The third-order valence-electron chi connectivity index (χ3n) is 12.0. The molecule has 4 aliphatic carbocycles. The summed E-state index contributed by atoms with van der Waals surface area (Å²) in [5, 5.41) is 33.6. The third kappa shape index (κ3) is 4.59. The maximum absolute atomic E-state index is 11.8. The van der Waals surface area contributed by atoms with E-state index in [4.69, 9.17) is 0 Å². The van der Waals surface area contributed by atoms with E-state index in [1.54, 1.807) is 0 Å². The first-order valence-electron chi connectivity index (χ1n) is 14.9. The summed E-state index contributed by atoms with van der Waals surface area (Å²) in [7, 11) is 2.22. The van der Waals surface area contributed by atoms with Crippen molar-refractivity contribution in [2.75, 3.05) is 13.6 Å². The summed E-state index contributed by atoms with van der Waals surface area (Å²) in [5.74, 6) is 2.61. The van der Waals surface area contributed by atoms with Crippen molar-refractivity contribution < 1.29 is 15.3 Å². The Balaban J connectivity index is 1.24. The van der Waals surface area contributed by atoms with Crippen LogP contribution in [-0.2, 0) is 6.54 Å². The van der Waals surface area contributed by atoms with Gasteiger partial charge in [-0.3, -0.25) is 0 Å². The van der Waals surface area contributed by atoms with Gasteiger partial charge in [0.15, 0.2) is 0 Å². The molecule has 3 N–H and O–H groups in total. The number of aliphatic hydroxyl groups is 3. The molecule has 1 aromatic rings. The van der Waals surface area contributed by atoms with E-state index in [-0.39, 0.29) is 29.1 Å². The monoisotopic (exact) mass is 497 g/mol. The molecule has 4 aliphatic rings. The van der Waals surface area contributed by atoms with E-state index in [0.29, 0.717) is 35.5 Å². The number of rotatable bonds is 7. The van der Waals surface area contributed by atoms with Crippen LogP contribution in [0.1, 0.15) is 84.1 Å². The number of nitrogens with zero attached hydrogens (tertiary/aromatic N) is 1. The highest BCUT2D eigenvalue weighted by Crippen LogP contribution is 2.68. The summed E-state index contributed by atoms with van der Waals surface area (Å²) in [6.45, 7) is 9.31. The van der Waals surface area contributed by atoms with Gasteiger partial charge in [0.25, 0.3) is 0 Å². The van der Waals surface area contributed by atoms with E-state index in [1.807, 2.05) is 0 Å². The van der Waals surface area contributed by atoms with Crippen LogP contribution in [0.4, 0.5) is 0 Å². The van der Waals surface area contributed by atoms with Crippen molar-refractivity contribution in [3.63, 3.8) is 0 Å². The van der Waals surface area contributed by atoms with Crippen molar-refractivity contribution in [2.45, 2.75) is 103 Å². The zero-order valence-electron chi connectivity index (χ0n) is 23.1. The Bertz CT molecular complexity index is 877.